The first-order valence-electron chi connectivity index (χ1n) is 6.26. The summed E-state index contributed by atoms with van der Waals surface area (Å²) >= 11 is 0. The Kier molecular flexibility index (Phi) is 4.14. The van der Waals surface area contributed by atoms with E-state index in [0.29, 0.717) is 18.6 Å². The highest BCUT2D eigenvalue weighted by Gasteiger charge is 2.08. The second-order valence-electron chi connectivity index (χ2n) is 4.46. The Hall–Kier alpha value is -2.63. The minimum absolute atomic E-state index is 0.0141. The van der Waals surface area contributed by atoms with E-state index in [0.717, 1.165) is 10.9 Å². The van der Waals surface area contributed by atoms with Crippen molar-refractivity contribution in [1.29, 1.82) is 0 Å². The minimum Gasteiger partial charge on any atom is -0.350 e. The lowest BCUT2D eigenvalue weighted by molar-refractivity contribution is 0.0910. The largest absolute Gasteiger partial charge is 0.350 e. The highest BCUT2D eigenvalue weighted by Crippen LogP contribution is 2.15. The standard InChI is InChI=1S/C14H16N4O2/c1-10(16-17-14(15)20)6-7-13(19)18-9-8-11-4-2-3-5-12(11)18/h2-5,8-9H,6-7H2,1H3,(H3,15,17,20)/b16-10+. The number of primary amides is 1. The number of carbonyl (C=O) groups excluding carboxylic acids is 2. The number of rotatable bonds is 4. The van der Waals surface area contributed by atoms with Crippen LogP contribution in [-0.2, 0) is 0 Å². The van der Waals surface area contributed by atoms with Gasteiger partial charge in [-0.1, -0.05) is 18.2 Å². The Morgan fingerprint density at radius 1 is 1.25 bits per heavy atom. The second-order valence-corrected chi connectivity index (χ2v) is 4.46. The number of hydrazone groups is 1. The molecule has 0 spiro atoms. The van der Waals surface area contributed by atoms with Gasteiger partial charge in [0.05, 0.1) is 5.52 Å². The van der Waals surface area contributed by atoms with E-state index < -0.39 is 6.03 Å². The van der Waals surface area contributed by atoms with E-state index >= 15 is 0 Å². The number of urea groups is 1. The summed E-state index contributed by atoms with van der Waals surface area (Å²) in [4.78, 5) is 22.7. The summed E-state index contributed by atoms with van der Waals surface area (Å²) in [6.07, 6.45) is 2.54. The summed E-state index contributed by atoms with van der Waals surface area (Å²) < 4.78 is 1.63. The highest BCUT2D eigenvalue weighted by molar-refractivity contribution is 5.94. The molecule has 0 saturated heterocycles. The molecule has 1 aromatic carbocycles. The molecule has 1 heterocycles. The van der Waals surface area contributed by atoms with Crippen LogP contribution < -0.4 is 11.2 Å². The average molecular weight is 272 g/mol. The molecule has 104 valence electrons. The molecule has 6 heteroatoms. The van der Waals surface area contributed by atoms with Gasteiger partial charge < -0.3 is 5.73 Å². The van der Waals surface area contributed by atoms with Crippen LogP contribution in [0.25, 0.3) is 10.9 Å². The van der Waals surface area contributed by atoms with Gasteiger partial charge in [0, 0.05) is 23.7 Å². The average Bonchev–Trinajstić information content (AvgIpc) is 2.86. The molecule has 0 saturated carbocycles. The summed E-state index contributed by atoms with van der Waals surface area (Å²) in [7, 11) is 0. The molecule has 20 heavy (non-hydrogen) atoms. The summed E-state index contributed by atoms with van der Waals surface area (Å²) in [5.74, 6) is -0.0141. The fourth-order valence-corrected chi connectivity index (χ4v) is 1.92. The zero-order valence-corrected chi connectivity index (χ0v) is 11.2. The first-order chi connectivity index (χ1) is 9.58. The SMILES string of the molecule is C/C(CCC(=O)n1ccc2ccccc21)=N\NC(N)=O. The van der Waals surface area contributed by atoms with Crippen LogP contribution >= 0.6 is 0 Å². The number of hydrogen-bond donors (Lipinski definition) is 2. The van der Waals surface area contributed by atoms with Gasteiger partial charge in [0.2, 0.25) is 5.91 Å². The van der Waals surface area contributed by atoms with E-state index in [1.54, 1.807) is 17.7 Å². The molecule has 0 aliphatic rings. The molecule has 6 nitrogen and oxygen atoms in total. The molecule has 0 unspecified atom stereocenters. The number of carbonyl (C=O) groups is 2. The quantitative estimate of drug-likeness (QED) is 0.659. The zero-order chi connectivity index (χ0) is 14.5. The molecule has 0 fully saturated rings. The van der Waals surface area contributed by atoms with Crippen molar-refractivity contribution in [3.8, 4) is 0 Å². The number of hydrogen-bond acceptors (Lipinski definition) is 3. The van der Waals surface area contributed by atoms with E-state index in [4.69, 9.17) is 5.73 Å². The van der Waals surface area contributed by atoms with Gasteiger partial charge in [-0.05, 0) is 25.5 Å². The third-order valence-electron chi connectivity index (χ3n) is 2.93. The molecule has 3 N–H and O–H groups in total. The van der Waals surface area contributed by atoms with Crippen LogP contribution in [-0.4, -0.2) is 22.2 Å². The van der Waals surface area contributed by atoms with E-state index in [1.807, 2.05) is 30.3 Å². The van der Waals surface area contributed by atoms with Gasteiger partial charge in [-0.2, -0.15) is 5.10 Å². The van der Waals surface area contributed by atoms with Gasteiger partial charge in [-0.3, -0.25) is 9.36 Å². The van der Waals surface area contributed by atoms with Crippen LogP contribution in [0.5, 0.6) is 0 Å². The van der Waals surface area contributed by atoms with Crippen molar-refractivity contribution in [3.05, 3.63) is 36.5 Å². The fourth-order valence-electron chi connectivity index (χ4n) is 1.92. The molecule has 0 atom stereocenters. The number of para-hydroxylation sites is 1. The number of nitrogens with zero attached hydrogens (tertiary/aromatic N) is 2. The lowest BCUT2D eigenvalue weighted by atomic mass is 10.2. The van der Waals surface area contributed by atoms with Crippen LogP contribution in [0.2, 0.25) is 0 Å². The Bertz CT molecular complexity index is 673. The molecule has 0 aliphatic heterocycles. The van der Waals surface area contributed by atoms with Crippen LogP contribution in [0.15, 0.2) is 41.6 Å². The first-order valence-corrected chi connectivity index (χ1v) is 6.26. The maximum absolute atomic E-state index is 12.2. The van der Waals surface area contributed by atoms with Crippen molar-refractivity contribution in [2.45, 2.75) is 19.8 Å². The second kappa shape index (κ2) is 6.01. The molecule has 2 rings (SSSR count). The number of aromatic nitrogens is 1. The Morgan fingerprint density at radius 2 is 2.00 bits per heavy atom. The third-order valence-corrected chi connectivity index (χ3v) is 2.93. The molecule has 1 aromatic heterocycles. The molecule has 0 bridgehead atoms. The van der Waals surface area contributed by atoms with E-state index in [-0.39, 0.29) is 5.91 Å². The van der Waals surface area contributed by atoms with Gasteiger partial charge in [0.25, 0.3) is 0 Å². The topological polar surface area (TPSA) is 89.5 Å². The van der Waals surface area contributed by atoms with Crippen LogP contribution in [0.1, 0.15) is 24.6 Å². The monoisotopic (exact) mass is 272 g/mol. The lowest BCUT2D eigenvalue weighted by Crippen LogP contribution is -2.25. The number of nitrogens with two attached hydrogens (primary N) is 1. The maximum Gasteiger partial charge on any atom is 0.332 e. The van der Waals surface area contributed by atoms with Gasteiger partial charge in [-0.15, -0.1) is 0 Å². The van der Waals surface area contributed by atoms with Gasteiger partial charge in [0.15, 0.2) is 0 Å². The predicted molar refractivity (Wildman–Crippen MR) is 77.6 cm³/mol. The van der Waals surface area contributed by atoms with E-state index in [1.165, 1.54) is 0 Å². The highest BCUT2D eigenvalue weighted by atomic mass is 16.2. The lowest BCUT2D eigenvalue weighted by Gasteiger charge is -2.04. The summed E-state index contributed by atoms with van der Waals surface area (Å²) in [6.45, 7) is 1.73. The molecule has 0 radical (unpaired) electrons. The summed E-state index contributed by atoms with van der Waals surface area (Å²) in [5, 5.41) is 4.80. The van der Waals surface area contributed by atoms with Crippen LogP contribution in [0.3, 0.4) is 0 Å². The minimum atomic E-state index is -0.716. The fraction of sp³-hybridized carbons (Fsp3) is 0.214. The number of fused-ring (bicyclic) bond motifs is 1. The van der Waals surface area contributed by atoms with Gasteiger partial charge in [0.1, 0.15) is 0 Å². The molecular weight excluding hydrogens is 256 g/mol. The van der Waals surface area contributed by atoms with E-state index in [9.17, 15) is 9.59 Å². The van der Waals surface area contributed by atoms with Crippen molar-refractivity contribution in [2.24, 2.45) is 10.8 Å². The van der Waals surface area contributed by atoms with E-state index in [2.05, 4.69) is 10.5 Å². The maximum atomic E-state index is 12.2. The Labute approximate surface area is 116 Å². The molecular formula is C14H16N4O2. The van der Waals surface area contributed by atoms with Crippen LogP contribution in [0.4, 0.5) is 4.79 Å². The number of benzene rings is 1. The Morgan fingerprint density at radius 3 is 2.75 bits per heavy atom. The third kappa shape index (κ3) is 3.23. The van der Waals surface area contributed by atoms with Crippen LogP contribution in [0, 0.1) is 0 Å². The Balaban J connectivity index is 2.02. The smallest absolute Gasteiger partial charge is 0.332 e. The van der Waals surface area contributed by atoms with Crippen molar-refractivity contribution >= 4 is 28.6 Å². The zero-order valence-electron chi connectivity index (χ0n) is 11.2. The van der Waals surface area contributed by atoms with Crippen molar-refractivity contribution in [1.82, 2.24) is 9.99 Å². The van der Waals surface area contributed by atoms with Gasteiger partial charge >= 0.3 is 6.03 Å². The van der Waals surface area contributed by atoms with Crippen molar-refractivity contribution in [3.63, 3.8) is 0 Å². The normalized spacial score (nSPS) is 11.6. The predicted octanol–water partition coefficient (Wildman–Crippen LogP) is 2.11. The number of nitrogens with one attached hydrogen (secondary N) is 1. The molecule has 2 amide bonds. The van der Waals surface area contributed by atoms with Crippen molar-refractivity contribution in [2.75, 3.05) is 0 Å². The number of amides is 2. The van der Waals surface area contributed by atoms with Crippen molar-refractivity contribution < 1.29 is 9.59 Å². The van der Waals surface area contributed by atoms with Gasteiger partial charge in [-0.25, -0.2) is 10.2 Å². The summed E-state index contributed by atoms with van der Waals surface area (Å²) in [6, 6.07) is 8.89. The molecule has 2 aromatic rings. The first kappa shape index (κ1) is 13.8. The summed E-state index contributed by atoms with van der Waals surface area (Å²) in [5.41, 5.74) is 8.59. The molecule has 0 aliphatic carbocycles.